The molecule has 20 heavy (non-hydrogen) atoms. The van der Waals surface area contributed by atoms with E-state index in [9.17, 15) is 9.59 Å². The predicted octanol–water partition coefficient (Wildman–Crippen LogP) is 3.47. The summed E-state index contributed by atoms with van der Waals surface area (Å²) in [6, 6.07) is 0. The second-order valence-corrected chi connectivity index (χ2v) is 6.72. The summed E-state index contributed by atoms with van der Waals surface area (Å²) in [5, 5.41) is 11.8. The summed E-state index contributed by atoms with van der Waals surface area (Å²) in [4.78, 5) is 22.6. The average Bonchev–Trinajstić information content (AvgIpc) is 2.26. The quantitative estimate of drug-likeness (QED) is 0.811. The Balaban J connectivity index is 2.58. The number of aliphatic carboxylic acids is 1. The standard InChI is InChI=1S/C15H27NO4/c1-14(2,3)20-13(19)16-15(9-5-4-6-10-15)11-7-8-12(17)18/h4-11H2,1-3H3,(H,16,19)(H,17,18). The highest BCUT2D eigenvalue weighted by atomic mass is 16.6. The van der Waals surface area contributed by atoms with Crippen LogP contribution in [0.25, 0.3) is 0 Å². The van der Waals surface area contributed by atoms with Crippen molar-refractivity contribution in [3.05, 3.63) is 0 Å². The molecule has 0 unspecified atom stereocenters. The van der Waals surface area contributed by atoms with Crippen LogP contribution in [0.15, 0.2) is 0 Å². The van der Waals surface area contributed by atoms with E-state index in [0.29, 0.717) is 12.8 Å². The van der Waals surface area contributed by atoms with Gasteiger partial charge < -0.3 is 15.2 Å². The van der Waals surface area contributed by atoms with Crippen LogP contribution in [0.4, 0.5) is 4.79 Å². The maximum atomic E-state index is 12.0. The lowest BCUT2D eigenvalue weighted by atomic mass is 9.78. The van der Waals surface area contributed by atoms with E-state index >= 15 is 0 Å². The molecular formula is C15H27NO4. The molecule has 0 radical (unpaired) electrons. The summed E-state index contributed by atoms with van der Waals surface area (Å²) in [5.41, 5.74) is -0.795. The van der Waals surface area contributed by atoms with Crippen LogP contribution in [0, 0.1) is 0 Å². The number of alkyl carbamates (subject to hydrolysis) is 1. The third-order valence-electron chi connectivity index (χ3n) is 3.62. The highest BCUT2D eigenvalue weighted by Gasteiger charge is 2.34. The van der Waals surface area contributed by atoms with Gasteiger partial charge in [-0.3, -0.25) is 4.79 Å². The SMILES string of the molecule is CC(C)(C)OC(=O)NC1(CCCC(=O)O)CCCCC1. The molecule has 1 saturated carbocycles. The van der Waals surface area contributed by atoms with Crippen LogP contribution in [0.2, 0.25) is 0 Å². The van der Waals surface area contributed by atoms with Crippen LogP contribution in [-0.4, -0.2) is 28.3 Å². The summed E-state index contributed by atoms with van der Waals surface area (Å²) in [7, 11) is 0. The molecule has 5 heteroatoms. The molecule has 116 valence electrons. The summed E-state index contributed by atoms with van der Waals surface area (Å²) >= 11 is 0. The monoisotopic (exact) mass is 285 g/mol. The van der Waals surface area contributed by atoms with Crippen molar-refractivity contribution in [2.45, 2.75) is 83.3 Å². The van der Waals surface area contributed by atoms with E-state index in [1.54, 1.807) is 0 Å². The lowest BCUT2D eigenvalue weighted by Gasteiger charge is -2.38. The highest BCUT2D eigenvalue weighted by molar-refractivity contribution is 5.69. The van der Waals surface area contributed by atoms with Crippen LogP contribution in [0.5, 0.6) is 0 Å². The average molecular weight is 285 g/mol. The molecular weight excluding hydrogens is 258 g/mol. The molecule has 1 fully saturated rings. The molecule has 0 heterocycles. The van der Waals surface area contributed by atoms with Crippen molar-refractivity contribution in [1.29, 1.82) is 0 Å². The molecule has 2 N–H and O–H groups in total. The highest BCUT2D eigenvalue weighted by Crippen LogP contribution is 2.32. The topological polar surface area (TPSA) is 75.6 Å². The Labute approximate surface area is 121 Å². The third kappa shape index (κ3) is 6.26. The molecule has 0 aliphatic heterocycles. The van der Waals surface area contributed by atoms with E-state index in [4.69, 9.17) is 9.84 Å². The van der Waals surface area contributed by atoms with Crippen LogP contribution < -0.4 is 5.32 Å². The number of ether oxygens (including phenoxy) is 1. The van der Waals surface area contributed by atoms with Crippen molar-refractivity contribution >= 4 is 12.1 Å². The molecule has 1 rings (SSSR count). The first-order chi connectivity index (χ1) is 9.22. The lowest BCUT2D eigenvalue weighted by molar-refractivity contribution is -0.137. The Bertz CT molecular complexity index is 340. The van der Waals surface area contributed by atoms with Crippen molar-refractivity contribution in [2.75, 3.05) is 0 Å². The van der Waals surface area contributed by atoms with Crippen molar-refractivity contribution in [3.63, 3.8) is 0 Å². The number of carbonyl (C=O) groups is 2. The summed E-state index contributed by atoms with van der Waals surface area (Å²) in [5.74, 6) is -0.784. The molecule has 0 aromatic carbocycles. The number of carboxylic acids is 1. The third-order valence-corrected chi connectivity index (χ3v) is 3.62. The van der Waals surface area contributed by atoms with Crippen molar-refractivity contribution < 1.29 is 19.4 Å². The van der Waals surface area contributed by atoms with Gasteiger partial charge in [-0.05, 0) is 46.5 Å². The zero-order chi connectivity index (χ0) is 15.2. The van der Waals surface area contributed by atoms with Crippen molar-refractivity contribution in [1.82, 2.24) is 5.32 Å². The van der Waals surface area contributed by atoms with E-state index in [1.165, 1.54) is 6.42 Å². The lowest BCUT2D eigenvalue weighted by Crippen LogP contribution is -2.51. The minimum atomic E-state index is -0.784. The van der Waals surface area contributed by atoms with E-state index in [2.05, 4.69) is 5.32 Å². The molecule has 1 aliphatic rings. The first-order valence-corrected chi connectivity index (χ1v) is 7.45. The fourth-order valence-corrected chi connectivity index (χ4v) is 2.76. The molecule has 0 atom stereocenters. The maximum Gasteiger partial charge on any atom is 0.408 e. The van der Waals surface area contributed by atoms with Crippen LogP contribution in [-0.2, 0) is 9.53 Å². The molecule has 5 nitrogen and oxygen atoms in total. The van der Waals surface area contributed by atoms with Gasteiger partial charge in [0.05, 0.1) is 0 Å². The zero-order valence-corrected chi connectivity index (χ0v) is 12.8. The second-order valence-electron chi connectivity index (χ2n) is 6.72. The largest absolute Gasteiger partial charge is 0.481 e. The smallest absolute Gasteiger partial charge is 0.408 e. The second kappa shape index (κ2) is 6.95. The summed E-state index contributed by atoms with van der Waals surface area (Å²) in [6.45, 7) is 5.51. The molecule has 0 saturated heterocycles. The Morgan fingerprint density at radius 1 is 1.20 bits per heavy atom. The van der Waals surface area contributed by atoms with E-state index in [1.807, 2.05) is 20.8 Å². The van der Waals surface area contributed by atoms with Crippen LogP contribution >= 0.6 is 0 Å². The number of rotatable bonds is 5. The first-order valence-electron chi connectivity index (χ1n) is 7.45. The van der Waals surface area contributed by atoms with Gasteiger partial charge in [-0.2, -0.15) is 0 Å². The predicted molar refractivity (Wildman–Crippen MR) is 76.7 cm³/mol. The molecule has 1 aliphatic carbocycles. The van der Waals surface area contributed by atoms with Crippen LogP contribution in [0.1, 0.15) is 72.1 Å². The van der Waals surface area contributed by atoms with Gasteiger partial charge in [-0.15, -0.1) is 0 Å². The molecule has 0 spiro atoms. The van der Waals surface area contributed by atoms with Gasteiger partial charge in [-0.1, -0.05) is 19.3 Å². The number of nitrogens with one attached hydrogen (secondary N) is 1. The molecule has 0 aromatic heterocycles. The Morgan fingerprint density at radius 2 is 1.80 bits per heavy atom. The van der Waals surface area contributed by atoms with Gasteiger partial charge in [0.2, 0.25) is 0 Å². The summed E-state index contributed by atoms with van der Waals surface area (Å²) in [6.07, 6.45) is 6.19. The van der Waals surface area contributed by atoms with Gasteiger partial charge in [0.1, 0.15) is 5.60 Å². The minimum Gasteiger partial charge on any atom is -0.481 e. The van der Waals surface area contributed by atoms with Gasteiger partial charge in [-0.25, -0.2) is 4.79 Å². The Kier molecular flexibility index (Phi) is 5.84. The number of carboxylic acid groups (broad SMARTS) is 1. The summed E-state index contributed by atoms with van der Waals surface area (Å²) < 4.78 is 5.33. The number of carbonyl (C=O) groups excluding carboxylic acids is 1. The van der Waals surface area contributed by atoms with Crippen molar-refractivity contribution in [2.24, 2.45) is 0 Å². The number of hydrogen-bond donors (Lipinski definition) is 2. The van der Waals surface area contributed by atoms with Gasteiger partial charge in [0, 0.05) is 12.0 Å². The fourth-order valence-electron chi connectivity index (χ4n) is 2.76. The van der Waals surface area contributed by atoms with E-state index in [0.717, 1.165) is 25.7 Å². The molecule has 0 bridgehead atoms. The molecule has 0 aromatic rings. The molecule has 1 amide bonds. The minimum absolute atomic E-state index is 0.151. The van der Waals surface area contributed by atoms with E-state index < -0.39 is 17.7 Å². The Morgan fingerprint density at radius 3 is 2.30 bits per heavy atom. The van der Waals surface area contributed by atoms with Crippen molar-refractivity contribution in [3.8, 4) is 0 Å². The van der Waals surface area contributed by atoms with Gasteiger partial charge in [0.25, 0.3) is 0 Å². The maximum absolute atomic E-state index is 12.0. The van der Waals surface area contributed by atoms with E-state index in [-0.39, 0.29) is 12.0 Å². The Hall–Kier alpha value is -1.26. The normalized spacial score (nSPS) is 18.4. The number of hydrogen-bond acceptors (Lipinski definition) is 3. The van der Waals surface area contributed by atoms with Gasteiger partial charge >= 0.3 is 12.1 Å². The van der Waals surface area contributed by atoms with Crippen LogP contribution in [0.3, 0.4) is 0 Å². The zero-order valence-electron chi connectivity index (χ0n) is 12.8. The fraction of sp³-hybridized carbons (Fsp3) is 0.867. The van der Waals surface area contributed by atoms with Gasteiger partial charge in [0.15, 0.2) is 0 Å². The first kappa shape index (κ1) is 16.8. The number of amides is 1.